The van der Waals surface area contributed by atoms with Crippen molar-refractivity contribution in [2.45, 2.75) is 6.42 Å². The number of hydrogen-bond donors (Lipinski definition) is 1. The molecule has 0 fully saturated rings. The molecule has 46 valence electrons. The molecule has 0 aromatic carbocycles. The molecule has 1 N–H and O–H groups in total. The van der Waals surface area contributed by atoms with Crippen molar-refractivity contribution in [1.82, 2.24) is 5.32 Å². The Bertz CT molecular complexity index is 129. The number of rotatable bonds is 2. The summed E-state index contributed by atoms with van der Waals surface area (Å²) in [5.41, 5.74) is 1.23. The summed E-state index contributed by atoms with van der Waals surface area (Å²) in [6.07, 6.45) is 4.94. The molecule has 0 spiro atoms. The fourth-order valence-electron chi connectivity index (χ4n) is 0.721. The first kappa shape index (κ1) is 5.51. The first-order valence-corrected chi connectivity index (χ1v) is 2.78. The summed E-state index contributed by atoms with van der Waals surface area (Å²) in [4.78, 5) is 4.10. The number of aliphatic imine (C=N–C) groups is 1. The topological polar surface area (TPSA) is 24.4 Å². The Morgan fingerprint density at radius 1 is 2.00 bits per heavy atom. The summed E-state index contributed by atoms with van der Waals surface area (Å²) in [7, 11) is 1.93. The highest BCUT2D eigenvalue weighted by atomic mass is 14.9. The van der Waals surface area contributed by atoms with E-state index >= 15 is 0 Å². The maximum absolute atomic E-state index is 4.10. The second-order valence-corrected chi connectivity index (χ2v) is 1.81. The molecule has 0 bridgehead atoms. The van der Waals surface area contributed by atoms with E-state index in [1.165, 1.54) is 5.71 Å². The summed E-state index contributed by atoms with van der Waals surface area (Å²) in [6, 6.07) is 0. The molecule has 1 rings (SSSR count). The first-order valence-electron chi connectivity index (χ1n) is 2.78. The molecular weight excluding hydrogens is 100 g/mol. The van der Waals surface area contributed by atoms with Crippen molar-refractivity contribution in [3.05, 3.63) is 12.3 Å². The average Bonchev–Trinajstić information content (AvgIpc) is 2.19. The van der Waals surface area contributed by atoms with Gasteiger partial charge in [-0.05, 0) is 7.05 Å². The van der Waals surface area contributed by atoms with E-state index in [2.05, 4.69) is 16.4 Å². The number of nitrogens with zero attached hydrogens (tertiary/aromatic N) is 1. The smallest absolute Gasteiger partial charge is 0.0355 e. The number of nitrogens with one attached hydrogen (secondary N) is 1. The maximum atomic E-state index is 4.10. The minimum Gasteiger partial charge on any atom is -0.315 e. The number of hydrogen-bond acceptors (Lipinski definition) is 2. The first-order chi connectivity index (χ1) is 3.93. The van der Waals surface area contributed by atoms with Crippen LogP contribution in [0.2, 0.25) is 0 Å². The maximum Gasteiger partial charge on any atom is 0.0355 e. The van der Waals surface area contributed by atoms with Gasteiger partial charge in [-0.25, -0.2) is 0 Å². The van der Waals surface area contributed by atoms with Crippen molar-refractivity contribution in [1.29, 1.82) is 0 Å². The summed E-state index contributed by atoms with van der Waals surface area (Å²) in [6.45, 7) is 0.924. The normalized spacial score (nSPS) is 16.9. The molecular formula is C6H12N2. The molecule has 2 nitrogen and oxygen atoms in total. The van der Waals surface area contributed by atoms with Crippen LogP contribution in [-0.4, -0.2) is 19.3 Å². The highest BCUT2D eigenvalue weighted by molar-refractivity contribution is 5.89. The predicted octanol–water partition coefficient (Wildman–Crippen LogP) is 0.810. The molecule has 0 saturated carbocycles. The highest BCUT2D eigenvalue weighted by Crippen LogP contribution is 1.97. The van der Waals surface area contributed by atoms with Gasteiger partial charge in [0.2, 0.25) is 0 Å². The fraction of sp³-hybridized carbons (Fsp3) is 0.500. The Hall–Kier alpha value is -0.630. The lowest BCUT2D eigenvalue weighted by Gasteiger charge is -1.94. The molecule has 1 heterocycles. The van der Waals surface area contributed by atoms with E-state index in [4.69, 9.17) is 0 Å². The van der Waals surface area contributed by atoms with Crippen LogP contribution in [-0.2, 0) is 0 Å². The van der Waals surface area contributed by atoms with Gasteiger partial charge in [-0.1, -0.05) is 6.08 Å². The van der Waals surface area contributed by atoms with Crippen LogP contribution in [0.25, 0.3) is 0 Å². The zero-order valence-corrected chi connectivity index (χ0v) is 5.02. The third-order valence-electron chi connectivity index (χ3n) is 1.10. The monoisotopic (exact) mass is 112 g/mol. The van der Waals surface area contributed by atoms with Crippen molar-refractivity contribution in [3.63, 3.8) is 0 Å². The van der Waals surface area contributed by atoms with E-state index in [1.54, 1.807) is 0 Å². The molecule has 0 aromatic heterocycles. The van der Waals surface area contributed by atoms with Crippen molar-refractivity contribution in [2.75, 3.05) is 13.6 Å². The van der Waals surface area contributed by atoms with Crippen molar-refractivity contribution >= 4 is 5.71 Å². The zero-order valence-electron chi connectivity index (χ0n) is 5.02. The van der Waals surface area contributed by atoms with Gasteiger partial charge in [-0.3, -0.25) is 4.99 Å². The Morgan fingerprint density at radius 3 is 3.38 bits per heavy atom. The van der Waals surface area contributed by atoms with E-state index in [0.717, 1.165) is 13.0 Å². The Labute approximate surface area is 50.8 Å². The molecule has 1 aliphatic heterocycles. The van der Waals surface area contributed by atoms with Gasteiger partial charge in [0.15, 0.2) is 0 Å². The van der Waals surface area contributed by atoms with Gasteiger partial charge in [0, 0.05) is 26.3 Å². The second-order valence-electron chi connectivity index (χ2n) is 1.81. The van der Waals surface area contributed by atoms with Gasteiger partial charge in [-0.2, -0.15) is 0 Å². The van der Waals surface area contributed by atoms with E-state index in [1.807, 2.05) is 13.2 Å². The largest absolute Gasteiger partial charge is 0.315 e. The van der Waals surface area contributed by atoms with Crippen LogP contribution in [0.15, 0.2) is 17.3 Å². The van der Waals surface area contributed by atoms with Crippen molar-refractivity contribution < 1.29 is 1.43 Å². The highest BCUT2D eigenvalue weighted by Gasteiger charge is 1.96. The summed E-state index contributed by atoms with van der Waals surface area (Å²) in [5, 5.41) is 3.04. The standard InChI is InChI=1S/C6H10N2.H2/c1-7-5-6-3-2-4-8-6;/h2,4,7H,3,5H2,1H3;1H. The molecule has 0 radical (unpaired) electrons. The predicted molar refractivity (Wildman–Crippen MR) is 37.2 cm³/mol. The lowest BCUT2D eigenvalue weighted by Crippen LogP contribution is -2.16. The Kier molecular flexibility index (Phi) is 1.80. The molecule has 0 saturated heterocycles. The van der Waals surface area contributed by atoms with Gasteiger partial charge < -0.3 is 5.32 Å². The number of allylic oxidation sites excluding steroid dienone is 1. The van der Waals surface area contributed by atoms with Crippen molar-refractivity contribution in [3.8, 4) is 0 Å². The third kappa shape index (κ3) is 1.17. The quantitative estimate of drug-likeness (QED) is 0.561. The second kappa shape index (κ2) is 2.62. The van der Waals surface area contributed by atoms with Crippen LogP contribution < -0.4 is 5.32 Å². The van der Waals surface area contributed by atoms with Crippen LogP contribution in [0.1, 0.15) is 7.85 Å². The lowest BCUT2D eigenvalue weighted by molar-refractivity contribution is 0.939. The SMILES string of the molecule is CNCC1=NC=CC1.[HH]. The van der Waals surface area contributed by atoms with Crippen molar-refractivity contribution in [2.24, 2.45) is 4.99 Å². The van der Waals surface area contributed by atoms with Crippen LogP contribution >= 0.6 is 0 Å². The van der Waals surface area contributed by atoms with Gasteiger partial charge in [0.05, 0.1) is 0 Å². The molecule has 1 aliphatic rings. The molecule has 0 unspecified atom stereocenters. The molecule has 0 atom stereocenters. The van der Waals surface area contributed by atoms with E-state index in [-0.39, 0.29) is 1.43 Å². The molecule has 0 aliphatic carbocycles. The van der Waals surface area contributed by atoms with Crippen LogP contribution in [0.5, 0.6) is 0 Å². The third-order valence-corrected chi connectivity index (χ3v) is 1.10. The van der Waals surface area contributed by atoms with E-state index < -0.39 is 0 Å². The zero-order chi connectivity index (χ0) is 5.82. The van der Waals surface area contributed by atoms with E-state index in [9.17, 15) is 0 Å². The summed E-state index contributed by atoms with van der Waals surface area (Å²) < 4.78 is 0. The van der Waals surface area contributed by atoms with Gasteiger partial charge >= 0.3 is 0 Å². The molecule has 8 heavy (non-hydrogen) atoms. The summed E-state index contributed by atoms with van der Waals surface area (Å²) in [5.74, 6) is 0. The molecule has 2 heteroatoms. The van der Waals surface area contributed by atoms with E-state index in [0.29, 0.717) is 0 Å². The summed E-state index contributed by atoms with van der Waals surface area (Å²) >= 11 is 0. The minimum atomic E-state index is 0. The molecule has 0 amide bonds. The van der Waals surface area contributed by atoms with Crippen LogP contribution in [0, 0.1) is 0 Å². The lowest BCUT2D eigenvalue weighted by atomic mass is 10.3. The molecule has 0 aromatic rings. The Morgan fingerprint density at radius 2 is 2.88 bits per heavy atom. The van der Waals surface area contributed by atoms with Crippen LogP contribution in [0.3, 0.4) is 0 Å². The van der Waals surface area contributed by atoms with Crippen LogP contribution in [0.4, 0.5) is 0 Å². The minimum absolute atomic E-state index is 0. The Balaban J connectivity index is 0.000000640. The van der Waals surface area contributed by atoms with Gasteiger partial charge in [0.1, 0.15) is 0 Å². The fourth-order valence-corrected chi connectivity index (χ4v) is 0.721. The van der Waals surface area contributed by atoms with Gasteiger partial charge in [-0.15, -0.1) is 0 Å². The average molecular weight is 112 g/mol. The van der Waals surface area contributed by atoms with Gasteiger partial charge in [0.25, 0.3) is 0 Å².